The number of halogens is 2. The topological polar surface area (TPSA) is 40.6 Å². The first-order valence-corrected chi connectivity index (χ1v) is 11.0. The molecule has 0 N–H and O–H groups in total. The smallest absolute Gasteiger partial charge is 0.254 e. The Morgan fingerprint density at radius 3 is 1.29 bits per heavy atom. The molecule has 3 rings (SSSR count). The van der Waals surface area contributed by atoms with Crippen molar-refractivity contribution in [3.05, 3.63) is 33.3 Å². The molecule has 4 nitrogen and oxygen atoms in total. The van der Waals surface area contributed by atoms with E-state index in [1.54, 1.807) is 12.1 Å². The average Bonchev–Trinajstić information content (AvgIpc) is 2.60. The van der Waals surface area contributed by atoms with E-state index in [0.29, 0.717) is 71.0 Å². The van der Waals surface area contributed by atoms with Gasteiger partial charge in [0.15, 0.2) is 0 Å². The molecule has 1 aromatic carbocycles. The van der Waals surface area contributed by atoms with Gasteiger partial charge in [0.05, 0.1) is 21.2 Å². The van der Waals surface area contributed by atoms with Crippen molar-refractivity contribution in [2.45, 2.75) is 40.5 Å². The van der Waals surface area contributed by atoms with Crippen molar-refractivity contribution >= 4 is 35.0 Å². The van der Waals surface area contributed by atoms with Crippen molar-refractivity contribution in [1.82, 2.24) is 9.80 Å². The second kappa shape index (κ2) is 8.62. The van der Waals surface area contributed by atoms with E-state index in [1.165, 1.54) is 0 Å². The number of nitrogens with zero attached hydrogens (tertiary/aromatic N) is 2. The van der Waals surface area contributed by atoms with Gasteiger partial charge in [-0.3, -0.25) is 9.59 Å². The van der Waals surface area contributed by atoms with Gasteiger partial charge < -0.3 is 9.80 Å². The SMILES string of the molecule is CC1CC(C)CN(C(=O)c2cc(Cl)c(Cl)cc2C(=O)N2CC(C)CC(C)C2)C1. The zero-order valence-electron chi connectivity index (χ0n) is 17.2. The lowest BCUT2D eigenvalue weighted by atomic mass is 9.90. The number of carbonyl (C=O) groups is 2. The largest absolute Gasteiger partial charge is 0.338 e. The Balaban J connectivity index is 1.94. The van der Waals surface area contributed by atoms with Crippen LogP contribution in [0.3, 0.4) is 0 Å². The van der Waals surface area contributed by atoms with Gasteiger partial charge in [0.1, 0.15) is 0 Å². The first-order valence-electron chi connectivity index (χ1n) is 10.2. The van der Waals surface area contributed by atoms with Crippen LogP contribution in [-0.2, 0) is 0 Å². The van der Waals surface area contributed by atoms with Crippen LogP contribution in [-0.4, -0.2) is 47.8 Å². The highest BCUT2D eigenvalue weighted by atomic mass is 35.5. The Labute approximate surface area is 178 Å². The van der Waals surface area contributed by atoms with Crippen molar-refractivity contribution in [3.63, 3.8) is 0 Å². The van der Waals surface area contributed by atoms with Gasteiger partial charge >= 0.3 is 0 Å². The highest BCUT2D eigenvalue weighted by Crippen LogP contribution is 2.31. The second-order valence-corrected chi connectivity index (χ2v) is 9.94. The van der Waals surface area contributed by atoms with Crippen molar-refractivity contribution < 1.29 is 9.59 Å². The lowest BCUT2D eigenvalue weighted by Crippen LogP contribution is -2.45. The zero-order valence-corrected chi connectivity index (χ0v) is 18.7. The summed E-state index contributed by atoms with van der Waals surface area (Å²) in [5.41, 5.74) is 0.734. The van der Waals surface area contributed by atoms with Crippen LogP contribution in [0.1, 0.15) is 61.3 Å². The summed E-state index contributed by atoms with van der Waals surface area (Å²) in [7, 11) is 0. The van der Waals surface area contributed by atoms with E-state index < -0.39 is 0 Å². The summed E-state index contributed by atoms with van der Waals surface area (Å²) >= 11 is 12.5. The molecule has 0 saturated carbocycles. The molecular formula is C22H30Cl2N2O2. The number of hydrogen-bond donors (Lipinski definition) is 0. The van der Waals surface area contributed by atoms with Gasteiger partial charge in [0, 0.05) is 26.2 Å². The molecule has 0 bridgehead atoms. The first-order chi connectivity index (χ1) is 13.2. The molecule has 28 heavy (non-hydrogen) atoms. The fraction of sp³-hybridized carbons (Fsp3) is 0.636. The summed E-state index contributed by atoms with van der Waals surface area (Å²) in [5, 5.41) is 0.611. The molecule has 6 heteroatoms. The van der Waals surface area contributed by atoms with E-state index in [2.05, 4.69) is 27.7 Å². The van der Waals surface area contributed by atoms with Crippen molar-refractivity contribution in [2.75, 3.05) is 26.2 Å². The van der Waals surface area contributed by atoms with Gasteiger partial charge in [-0.25, -0.2) is 0 Å². The normalized spacial score (nSPS) is 28.4. The monoisotopic (exact) mass is 424 g/mol. The quantitative estimate of drug-likeness (QED) is 0.651. The van der Waals surface area contributed by atoms with Crippen LogP contribution in [0, 0.1) is 23.7 Å². The minimum Gasteiger partial charge on any atom is -0.338 e. The van der Waals surface area contributed by atoms with Crippen LogP contribution >= 0.6 is 23.2 Å². The van der Waals surface area contributed by atoms with E-state index in [1.807, 2.05) is 9.80 Å². The van der Waals surface area contributed by atoms with Crippen LogP contribution in [0.2, 0.25) is 10.0 Å². The molecule has 2 fully saturated rings. The van der Waals surface area contributed by atoms with Gasteiger partial charge in [0.25, 0.3) is 11.8 Å². The predicted molar refractivity (Wildman–Crippen MR) is 114 cm³/mol. The minimum atomic E-state index is -0.126. The van der Waals surface area contributed by atoms with Crippen molar-refractivity contribution in [1.29, 1.82) is 0 Å². The molecule has 1 aromatic rings. The Hall–Kier alpha value is -1.26. The molecule has 2 heterocycles. The van der Waals surface area contributed by atoms with Crippen LogP contribution in [0.4, 0.5) is 0 Å². The lowest BCUT2D eigenvalue weighted by molar-refractivity contribution is 0.0585. The van der Waals surface area contributed by atoms with Crippen molar-refractivity contribution in [3.8, 4) is 0 Å². The minimum absolute atomic E-state index is 0.126. The average molecular weight is 425 g/mol. The number of piperidine rings is 2. The third-order valence-electron chi connectivity index (χ3n) is 5.83. The zero-order chi connectivity index (χ0) is 20.6. The maximum atomic E-state index is 13.3. The van der Waals surface area contributed by atoms with Gasteiger partial charge in [0.2, 0.25) is 0 Å². The molecule has 0 spiro atoms. The van der Waals surface area contributed by atoms with E-state index in [-0.39, 0.29) is 11.8 Å². The molecule has 0 aliphatic carbocycles. The number of rotatable bonds is 2. The second-order valence-electron chi connectivity index (χ2n) is 9.12. The molecule has 154 valence electrons. The van der Waals surface area contributed by atoms with E-state index >= 15 is 0 Å². The summed E-state index contributed by atoms with van der Waals surface area (Å²) in [6.45, 7) is 11.5. The lowest BCUT2D eigenvalue weighted by Gasteiger charge is -2.37. The first kappa shape index (κ1) is 21.4. The molecular weight excluding hydrogens is 395 g/mol. The number of hydrogen-bond acceptors (Lipinski definition) is 2. The number of benzene rings is 1. The fourth-order valence-corrected chi connectivity index (χ4v) is 5.23. The molecule has 4 unspecified atom stereocenters. The number of carbonyl (C=O) groups excluding carboxylic acids is 2. The Bertz CT molecular complexity index is 684. The third kappa shape index (κ3) is 4.65. The Kier molecular flexibility index (Phi) is 6.61. The third-order valence-corrected chi connectivity index (χ3v) is 6.56. The van der Waals surface area contributed by atoms with Gasteiger partial charge in [-0.1, -0.05) is 50.9 Å². The summed E-state index contributed by atoms with van der Waals surface area (Å²) in [4.78, 5) is 30.4. The number of amides is 2. The van der Waals surface area contributed by atoms with E-state index in [9.17, 15) is 9.59 Å². The maximum absolute atomic E-state index is 13.3. The van der Waals surface area contributed by atoms with Gasteiger partial charge in [-0.2, -0.15) is 0 Å². The van der Waals surface area contributed by atoms with Crippen LogP contribution in [0.25, 0.3) is 0 Å². The molecule has 0 radical (unpaired) electrons. The Morgan fingerprint density at radius 2 is 1.00 bits per heavy atom. The standard InChI is InChI=1S/C22H30Cl2N2O2/c1-13-5-14(2)10-25(9-13)21(27)17-7-19(23)20(24)8-18(17)22(28)26-11-15(3)6-16(4)12-26/h7-8,13-16H,5-6,9-12H2,1-4H3. The number of likely N-dealkylation sites (tertiary alicyclic amines) is 2. The summed E-state index contributed by atoms with van der Waals surface area (Å²) in [6.07, 6.45) is 2.22. The highest BCUT2D eigenvalue weighted by molar-refractivity contribution is 6.42. The molecule has 2 amide bonds. The van der Waals surface area contributed by atoms with E-state index in [4.69, 9.17) is 23.2 Å². The molecule has 4 atom stereocenters. The van der Waals surface area contributed by atoms with Crippen LogP contribution < -0.4 is 0 Å². The van der Waals surface area contributed by atoms with E-state index in [0.717, 1.165) is 12.8 Å². The van der Waals surface area contributed by atoms with Crippen LogP contribution in [0.15, 0.2) is 12.1 Å². The summed E-state index contributed by atoms with van der Waals surface area (Å²) in [5.74, 6) is 1.52. The fourth-order valence-electron chi connectivity index (χ4n) is 4.90. The van der Waals surface area contributed by atoms with Crippen LogP contribution in [0.5, 0.6) is 0 Å². The van der Waals surface area contributed by atoms with Gasteiger partial charge in [-0.15, -0.1) is 0 Å². The Morgan fingerprint density at radius 1 is 0.714 bits per heavy atom. The summed E-state index contributed by atoms with van der Waals surface area (Å²) in [6, 6.07) is 3.14. The molecule has 2 aliphatic heterocycles. The van der Waals surface area contributed by atoms with Gasteiger partial charge in [-0.05, 0) is 48.6 Å². The molecule has 2 saturated heterocycles. The highest BCUT2D eigenvalue weighted by Gasteiger charge is 2.32. The maximum Gasteiger partial charge on any atom is 0.254 e. The van der Waals surface area contributed by atoms with Crippen molar-refractivity contribution in [2.24, 2.45) is 23.7 Å². The summed E-state index contributed by atoms with van der Waals surface area (Å²) < 4.78 is 0. The predicted octanol–water partition coefficient (Wildman–Crippen LogP) is 5.23. The molecule has 2 aliphatic rings. The molecule has 0 aromatic heterocycles.